The molecule has 10 N–H and O–H groups in total. The monoisotopic (exact) mass is 972 g/mol. The predicted octanol–water partition coefficient (Wildman–Crippen LogP) is 1.30. The van der Waals surface area contributed by atoms with Gasteiger partial charge in [0.15, 0.2) is 6.61 Å². The van der Waals surface area contributed by atoms with Crippen LogP contribution in [0, 0.1) is 3.57 Å². The fraction of sp³-hybridized carbons (Fsp3) is 0.341. The van der Waals surface area contributed by atoms with E-state index in [4.69, 9.17) is 9.84 Å². The van der Waals surface area contributed by atoms with E-state index in [1.165, 1.54) is 12.1 Å². The summed E-state index contributed by atoms with van der Waals surface area (Å²) >= 11 is 2.09. The van der Waals surface area contributed by atoms with E-state index in [2.05, 4.69) is 54.5 Å². The van der Waals surface area contributed by atoms with Crippen molar-refractivity contribution in [2.75, 3.05) is 19.7 Å². The van der Waals surface area contributed by atoms with Crippen molar-refractivity contribution in [3.05, 3.63) is 99.1 Å². The summed E-state index contributed by atoms with van der Waals surface area (Å²) in [5, 5.41) is 51.7. The molecule has 0 fully saturated rings. The van der Waals surface area contributed by atoms with Crippen LogP contribution >= 0.6 is 22.6 Å². The smallest absolute Gasteiger partial charge is 0.326 e. The van der Waals surface area contributed by atoms with Gasteiger partial charge < -0.3 is 57.1 Å². The molecule has 21 heteroatoms. The number of benzene rings is 3. The lowest BCUT2D eigenvalue weighted by atomic mass is 10.0. The largest absolute Gasteiger partial charge is 0.484 e. The van der Waals surface area contributed by atoms with Crippen molar-refractivity contribution >= 4 is 76.1 Å². The van der Waals surface area contributed by atoms with Gasteiger partial charge in [0, 0.05) is 34.9 Å². The van der Waals surface area contributed by atoms with Crippen molar-refractivity contribution in [1.82, 2.24) is 31.9 Å². The van der Waals surface area contributed by atoms with Crippen LogP contribution in [0.3, 0.4) is 0 Å². The molecule has 0 aliphatic heterocycles. The molecule has 0 bridgehead atoms. The normalized spacial score (nSPS) is 12.5. The van der Waals surface area contributed by atoms with Crippen molar-refractivity contribution in [3.63, 3.8) is 0 Å². The first-order chi connectivity index (χ1) is 29.5. The molecule has 0 spiro atoms. The Morgan fingerprint density at radius 1 is 0.581 bits per heavy atom. The van der Waals surface area contributed by atoms with Crippen LogP contribution in [0.5, 0.6) is 5.75 Å². The molecule has 4 atom stereocenters. The molecule has 20 nitrogen and oxygen atoms in total. The fourth-order valence-corrected chi connectivity index (χ4v) is 6.02. The highest BCUT2D eigenvalue weighted by Crippen LogP contribution is 2.14. The minimum Gasteiger partial charge on any atom is -0.484 e. The number of halogens is 1. The number of hydrogen-bond donors (Lipinski definition) is 10. The predicted molar refractivity (Wildman–Crippen MR) is 227 cm³/mol. The van der Waals surface area contributed by atoms with Crippen molar-refractivity contribution in [1.29, 1.82) is 0 Å². The first-order valence-electron chi connectivity index (χ1n) is 19.1. The van der Waals surface area contributed by atoms with Crippen LogP contribution in [0.25, 0.3) is 0 Å². The maximum atomic E-state index is 13.2. The molecule has 6 amide bonds. The fourth-order valence-electron chi connectivity index (χ4n) is 5.66. The third-order valence-electron chi connectivity index (χ3n) is 8.89. The molecule has 3 aromatic carbocycles. The summed E-state index contributed by atoms with van der Waals surface area (Å²) in [5.41, 5.74) is 1.61. The van der Waals surface area contributed by atoms with Crippen LogP contribution in [-0.4, -0.2) is 118 Å². The van der Waals surface area contributed by atoms with Crippen LogP contribution in [0.1, 0.15) is 53.6 Å². The third kappa shape index (κ3) is 18.6. The molecular formula is C41H47IN6O14. The number of amides is 6. The zero-order valence-electron chi connectivity index (χ0n) is 33.1. The topological polar surface area (TPSA) is 316 Å². The quantitative estimate of drug-likeness (QED) is 0.0401. The van der Waals surface area contributed by atoms with Crippen LogP contribution < -0.4 is 36.6 Å². The molecule has 3 aromatic rings. The molecule has 62 heavy (non-hydrogen) atoms. The molecule has 0 aliphatic carbocycles. The van der Waals surface area contributed by atoms with E-state index in [1.807, 2.05) is 0 Å². The Balaban J connectivity index is 1.47. The van der Waals surface area contributed by atoms with Crippen molar-refractivity contribution in [3.8, 4) is 5.75 Å². The standard InChI is InChI=1S/C41H47IN6O14/c42-27-13-11-26(12-14-27)36(53)44-22-33(49)46-32(40(59)60)21-25-9-15-28(16-10-25)62-23-34(50)45-31(20-24-6-2-1-3-7-24)37(54)43-19-5-4-8-29(38(55)56)47-41(61)48-30(39(57)58)17-18-35(51)52/h1-3,6-7,9-16,29-32H,4-5,8,17-23H2,(H,43,54)(H,44,53)(H,45,50)(H,46,49)(H,51,52)(H,55,56)(H,57,58)(H,59,60)(H2,47,48,61)/t29-,30-,31-,32-/m0/s1/i42-2. The number of ether oxygens (including phenoxy) is 1. The summed E-state index contributed by atoms with van der Waals surface area (Å²) in [7, 11) is 0. The number of unbranched alkanes of at least 4 members (excludes halogenated alkanes) is 1. The lowest BCUT2D eigenvalue weighted by Crippen LogP contribution is -2.51. The number of hydrogen-bond acceptors (Lipinski definition) is 10. The molecule has 332 valence electrons. The van der Waals surface area contributed by atoms with E-state index >= 15 is 0 Å². The SMILES string of the molecule is O=C(O)CC[C@H](NC(=O)N[C@@H](CCCCNC(=O)[C@H](Cc1ccccc1)NC(=O)COc1ccc(C[C@H](NC(=O)CNC(=O)c2ccc([125I])cc2)C(=O)O)cc1)C(=O)O)C(=O)O. The molecular weight excluding hydrogens is 925 g/mol. The van der Waals surface area contributed by atoms with E-state index in [9.17, 15) is 58.5 Å². The minimum absolute atomic E-state index is 0.0778. The van der Waals surface area contributed by atoms with E-state index in [0.717, 1.165) is 9.13 Å². The Labute approximate surface area is 368 Å². The Morgan fingerprint density at radius 3 is 1.74 bits per heavy atom. The number of carbonyl (C=O) groups is 9. The lowest BCUT2D eigenvalue weighted by Gasteiger charge is -2.20. The maximum Gasteiger partial charge on any atom is 0.326 e. The molecule has 0 aliphatic rings. The molecule has 0 saturated heterocycles. The Morgan fingerprint density at radius 2 is 1.15 bits per heavy atom. The second-order valence-corrected chi connectivity index (χ2v) is 15.0. The van der Waals surface area contributed by atoms with Crippen molar-refractivity contribution in [2.24, 2.45) is 0 Å². The van der Waals surface area contributed by atoms with Gasteiger partial charge in [0.05, 0.1) is 6.54 Å². The Hall–Kier alpha value is -6.78. The van der Waals surface area contributed by atoms with Gasteiger partial charge in [0.1, 0.15) is 29.9 Å². The van der Waals surface area contributed by atoms with Crippen LogP contribution in [0.4, 0.5) is 4.79 Å². The van der Waals surface area contributed by atoms with Crippen LogP contribution in [0.15, 0.2) is 78.9 Å². The average molecular weight is 973 g/mol. The van der Waals surface area contributed by atoms with E-state index in [0.29, 0.717) is 11.1 Å². The second-order valence-electron chi connectivity index (χ2n) is 13.7. The minimum atomic E-state index is -1.55. The van der Waals surface area contributed by atoms with Gasteiger partial charge in [-0.25, -0.2) is 19.2 Å². The van der Waals surface area contributed by atoms with Gasteiger partial charge >= 0.3 is 29.9 Å². The Kier molecular flexibility index (Phi) is 20.6. The van der Waals surface area contributed by atoms with E-state index in [1.54, 1.807) is 66.7 Å². The summed E-state index contributed by atoms with van der Waals surface area (Å²) in [4.78, 5) is 109. The number of carbonyl (C=O) groups excluding carboxylic acids is 5. The highest BCUT2D eigenvalue weighted by molar-refractivity contribution is 14.1. The van der Waals surface area contributed by atoms with Gasteiger partial charge in [-0.1, -0.05) is 42.5 Å². The highest BCUT2D eigenvalue weighted by Gasteiger charge is 2.26. The zero-order chi connectivity index (χ0) is 45.6. The molecule has 0 saturated carbocycles. The number of carboxylic acids is 4. The summed E-state index contributed by atoms with van der Waals surface area (Å²) in [5.74, 6) is -7.53. The second kappa shape index (κ2) is 25.8. The van der Waals surface area contributed by atoms with Gasteiger partial charge in [-0.3, -0.25) is 24.0 Å². The highest BCUT2D eigenvalue weighted by atomic mass is 125. The van der Waals surface area contributed by atoms with Crippen molar-refractivity contribution < 1.29 is 68.3 Å². The molecule has 0 aromatic heterocycles. The number of rotatable bonds is 26. The maximum absolute atomic E-state index is 13.2. The average Bonchev–Trinajstić information content (AvgIpc) is 3.23. The van der Waals surface area contributed by atoms with Crippen LogP contribution in [0.2, 0.25) is 0 Å². The first-order valence-corrected chi connectivity index (χ1v) is 20.2. The van der Waals surface area contributed by atoms with Gasteiger partial charge in [-0.2, -0.15) is 0 Å². The molecule has 0 heterocycles. The number of urea groups is 1. The summed E-state index contributed by atoms with van der Waals surface area (Å²) < 4.78 is 6.53. The van der Waals surface area contributed by atoms with Crippen molar-refractivity contribution in [2.45, 2.75) is 69.1 Å². The van der Waals surface area contributed by atoms with Gasteiger partial charge in [-0.15, -0.1) is 0 Å². The van der Waals surface area contributed by atoms with Gasteiger partial charge in [0.25, 0.3) is 11.8 Å². The molecule has 0 unspecified atom stereocenters. The van der Waals surface area contributed by atoms with E-state index in [-0.39, 0.29) is 44.4 Å². The first kappa shape index (κ1) is 49.6. The Bertz CT molecular complexity index is 2040. The van der Waals surface area contributed by atoms with Gasteiger partial charge in [-0.05, 0) is 95.8 Å². The summed E-state index contributed by atoms with van der Waals surface area (Å²) in [6, 6.07) is 15.3. The molecule has 0 radical (unpaired) electrons. The number of carboxylic acid groups (broad SMARTS) is 4. The van der Waals surface area contributed by atoms with Crippen LogP contribution in [-0.2, 0) is 46.4 Å². The summed E-state index contributed by atoms with van der Waals surface area (Å²) in [6.07, 6.45) is -0.515. The van der Waals surface area contributed by atoms with Gasteiger partial charge in [0.2, 0.25) is 11.8 Å². The third-order valence-corrected chi connectivity index (χ3v) is 9.61. The number of nitrogens with one attached hydrogen (secondary N) is 6. The number of aliphatic carboxylic acids is 4. The van der Waals surface area contributed by atoms with E-state index < -0.39 is 104 Å². The summed E-state index contributed by atoms with van der Waals surface area (Å²) in [6.45, 7) is -0.841. The lowest BCUT2D eigenvalue weighted by molar-refractivity contribution is -0.142. The zero-order valence-corrected chi connectivity index (χ0v) is 35.3. The molecule has 3 rings (SSSR count).